The first kappa shape index (κ1) is 68.6. The lowest BCUT2D eigenvalue weighted by atomic mass is 9.33. The molecule has 5 saturated heterocycles. The van der Waals surface area contributed by atoms with Crippen LogP contribution in [0, 0.1) is 50.2 Å². The second-order valence-corrected chi connectivity index (χ2v) is 29.1. The number of hydrogen-bond donors (Lipinski definition) is 14. The number of allylic oxidation sites excluding steroid dienone is 2. The molecule has 10 rings (SSSR count). The van der Waals surface area contributed by atoms with Crippen LogP contribution in [0.15, 0.2) is 11.6 Å². The van der Waals surface area contributed by atoms with Crippen LogP contribution in [0.5, 0.6) is 0 Å². The predicted molar refractivity (Wildman–Crippen MR) is 298 cm³/mol. The zero-order valence-corrected chi connectivity index (χ0v) is 51.7. The fourth-order valence-electron chi connectivity index (χ4n) is 17.8. The van der Waals surface area contributed by atoms with Gasteiger partial charge in [-0.1, -0.05) is 53.2 Å². The average Bonchev–Trinajstić information content (AvgIpc) is 0.678. The topological polar surface area (TPSA) is 419 Å². The molecule has 27 nitrogen and oxygen atoms in total. The summed E-state index contributed by atoms with van der Waals surface area (Å²) in [5.74, 6) is -1.70. The van der Waals surface area contributed by atoms with E-state index < -0.39 is 195 Å². The summed E-state index contributed by atoms with van der Waals surface area (Å²) in [6.07, 6.45) is -29.8. The molecule has 27 heteroatoms. The molecule has 9 fully saturated rings. The van der Waals surface area contributed by atoms with Crippen molar-refractivity contribution in [3.63, 3.8) is 0 Å². The van der Waals surface area contributed by atoms with Gasteiger partial charge in [-0.05, 0) is 117 Å². The first-order chi connectivity index (χ1) is 41.2. The second-order valence-electron chi connectivity index (χ2n) is 29.1. The van der Waals surface area contributed by atoms with Gasteiger partial charge in [0.2, 0.25) is 6.29 Å². The number of aliphatic hydroxyl groups excluding tert-OH is 14. The molecule has 10 aliphatic rings. The van der Waals surface area contributed by atoms with Crippen molar-refractivity contribution in [2.45, 2.75) is 280 Å². The van der Waals surface area contributed by atoms with E-state index in [1.807, 2.05) is 6.92 Å². The van der Waals surface area contributed by atoms with Gasteiger partial charge in [-0.2, -0.15) is 0 Å². The van der Waals surface area contributed by atoms with Crippen molar-refractivity contribution >= 4 is 11.9 Å². The number of ether oxygens (including phenoxy) is 11. The molecule has 0 bridgehead atoms. The Morgan fingerprint density at radius 3 is 1.85 bits per heavy atom. The Bertz CT molecular complexity index is 2490. The van der Waals surface area contributed by atoms with Crippen LogP contribution in [-0.4, -0.2) is 263 Å². The second kappa shape index (κ2) is 25.5. The smallest absolute Gasteiger partial charge is 0.315 e. The van der Waals surface area contributed by atoms with E-state index in [0.717, 1.165) is 13.3 Å². The van der Waals surface area contributed by atoms with Gasteiger partial charge in [-0.25, -0.2) is 0 Å². The van der Waals surface area contributed by atoms with Crippen LogP contribution in [0.2, 0.25) is 0 Å². The Morgan fingerprint density at radius 1 is 0.568 bits per heavy atom. The number of aliphatic hydroxyl groups is 14. The molecule has 0 amide bonds. The van der Waals surface area contributed by atoms with Gasteiger partial charge in [0.15, 0.2) is 31.3 Å². The Hall–Kier alpha value is -2.24. The molecule has 27 unspecified atom stereocenters. The average molecular weight is 1260 g/mol. The van der Waals surface area contributed by atoms with Crippen molar-refractivity contribution in [2.24, 2.45) is 50.2 Å². The van der Waals surface area contributed by atoms with Gasteiger partial charge in [-0.3, -0.25) is 9.59 Å². The summed E-state index contributed by atoms with van der Waals surface area (Å²) in [5, 5.41) is 154. The van der Waals surface area contributed by atoms with E-state index in [4.69, 9.17) is 52.1 Å². The van der Waals surface area contributed by atoms with E-state index in [1.54, 1.807) is 0 Å². The largest absolute Gasteiger partial charge is 0.457 e. The molecular weight excluding hydrogens is 1160 g/mol. The van der Waals surface area contributed by atoms with Crippen molar-refractivity contribution in [3.8, 4) is 0 Å². The normalized spacial score (nSPS) is 53.7. The summed E-state index contributed by atoms with van der Waals surface area (Å²) >= 11 is 0. The summed E-state index contributed by atoms with van der Waals surface area (Å²) < 4.78 is 64.9. The third kappa shape index (κ3) is 11.7. The molecule has 88 heavy (non-hydrogen) atoms. The van der Waals surface area contributed by atoms with Crippen LogP contribution in [-0.2, 0) is 61.7 Å². The Kier molecular flexibility index (Phi) is 19.9. The van der Waals surface area contributed by atoms with E-state index in [1.165, 1.54) is 19.4 Å². The predicted octanol–water partition coefficient (Wildman–Crippen LogP) is -1.97. The third-order valence-corrected chi connectivity index (χ3v) is 23.5. The Labute approximate surface area is 512 Å². The van der Waals surface area contributed by atoms with Crippen LogP contribution < -0.4 is 0 Å². The number of carbonyl (C=O) groups excluding carboxylic acids is 2. The fraction of sp³-hybridized carbons (Fsp3) is 0.934. The van der Waals surface area contributed by atoms with Crippen LogP contribution in [0.1, 0.15) is 127 Å². The maximum Gasteiger partial charge on any atom is 0.315 e. The SMILES string of the molecule is CC(=O)OC1C(O)C(C)OC(OC2C(CO)OC(OCC3OC(OC(=O)[C@]45CCC(C)(C)CC4C4=CCC6[C@@]7(C)CC[C@H](OC8OCC(O)C(O)C8OC8OC(C)C(O)C(O)C8O)[C@@](C)(CO)C7CC[C@@]6(C)[C@]4(C)CC5)C(O)C(O)C3O)C(O)C2O)C1O. The highest BCUT2D eigenvalue weighted by Crippen LogP contribution is 2.76. The first-order valence-electron chi connectivity index (χ1n) is 31.5. The maximum absolute atomic E-state index is 15.3. The molecule has 33 atom stereocenters. The summed E-state index contributed by atoms with van der Waals surface area (Å²) in [7, 11) is 0. The van der Waals surface area contributed by atoms with Gasteiger partial charge in [-0.15, -0.1) is 0 Å². The number of esters is 2. The maximum atomic E-state index is 15.3. The van der Waals surface area contributed by atoms with Crippen molar-refractivity contribution in [2.75, 3.05) is 26.4 Å². The van der Waals surface area contributed by atoms with E-state index in [2.05, 4.69) is 40.7 Å². The van der Waals surface area contributed by atoms with Crippen molar-refractivity contribution < 1.29 is 133 Å². The van der Waals surface area contributed by atoms with E-state index in [9.17, 15) is 76.3 Å². The molecule has 5 aliphatic carbocycles. The lowest BCUT2D eigenvalue weighted by molar-refractivity contribution is -0.365. The first-order valence-corrected chi connectivity index (χ1v) is 31.5. The van der Waals surface area contributed by atoms with Crippen LogP contribution >= 0.6 is 0 Å². The molecule has 5 aliphatic heterocycles. The standard InChI is InChI=1S/C61H98O27/c1-25-36(66)40(70)43(73)51(80-25)87-49-38(68)30(65)22-78-54(49)85-35-13-14-57(6)33(58(35,7)24-63)12-15-60(9)34(57)11-10-28-29-20-56(4,5)16-18-61(29,19-17-59(28,60)8)55(77)88-52-44(74)41(71)39(69)32(84-52)23-79-50-45(75)42(72)47(31(21-62)83-50)86-53-46(76)48(82-27(3)64)37(67)26(2)81-53/h10,25-26,29-54,62-63,65-76H,11-24H2,1-9H3/t25?,26?,29?,30?,31?,32?,33?,34?,35-,36?,37?,38?,39?,40?,41?,42?,43?,44?,45?,46?,47?,48?,49?,50?,51?,52?,53?,54?,57-,58-,59+,60+,61-/m0/s1. The molecule has 0 aromatic heterocycles. The number of carbonyl (C=O) groups is 2. The lowest BCUT2D eigenvalue weighted by Crippen LogP contribution is -2.67. The van der Waals surface area contributed by atoms with Crippen molar-refractivity contribution in [3.05, 3.63) is 11.6 Å². The molecule has 0 aromatic rings. The number of rotatable bonds is 14. The molecule has 14 N–H and O–H groups in total. The van der Waals surface area contributed by atoms with Gasteiger partial charge in [0.05, 0.1) is 50.2 Å². The molecule has 504 valence electrons. The van der Waals surface area contributed by atoms with Gasteiger partial charge in [0.25, 0.3) is 0 Å². The number of fused-ring (bicyclic) bond motifs is 7. The summed E-state index contributed by atoms with van der Waals surface area (Å²) in [4.78, 5) is 27.0. The molecular formula is C61H98O27. The third-order valence-electron chi connectivity index (χ3n) is 23.5. The molecule has 0 radical (unpaired) electrons. The lowest BCUT2D eigenvalue weighted by Gasteiger charge is -2.71. The van der Waals surface area contributed by atoms with Gasteiger partial charge < -0.3 is 124 Å². The number of hydrogen-bond acceptors (Lipinski definition) is 27. The van der Waals surface area contributed by atoms with Gasteiger partial charge >= 0.3 is 11.9 Å². The minimum atomic E-state index is -1.92. The van der Waals surface area contributed by atoms with Gasteiger partial charge in [0, 0.05) is 12.3 Å². The Morgan fingerprint density at radius 2 is 1.18 bits per heavy atom. The van der Waals surface area contributed by atoms with Gasteiger partial charge in [0.1, 0.15) is 97.7 Å². The highest BCUT2D eigenvalue weighted by molar-refractivity contribution is 5.79. The highest BCUT2D eigenvalue weighted by Gasteiger charge is 2.71. The van der Waals surface area contributed by atoms with Crippen molar-refractivity contribution in [1.29, 1.82) is 0 Å². The summed E-state index contributed by atoms with van der Waals surface area (Å²) in [5.41, 5.74) is -1.99. The quantitative estimate of drug-likeness (QED) is 0.0509. The molecule has 5 heterocycles. The highest BCUT2D eigenvalue weighted by atomic mass is 16.8. The summed E-state index contributed by atoms with van der Waals surface area (Å²) in [6, 6.07) is 0. The molecule has 4 saturated carbocycles. The van der Waals surface area contributed by atoms with E-state index in [0.29, 0.717) is 57.8 Å². The monoisotopic (exact) mass is 1260 g/mol. The Balaban J connectivity index is 0.826. The van der Waals surface area contributed by atoms with Crippen LogP contribution in [0.25, 0.3) is 0 Å². The van der Waals surface area contributed by atoms with Crippen molar-refractivity contribution in [1.82, 2.24) is 0 Å². The molecule has 0 aromatic carbocycles. The molecule has 0 spiro atoms. The zero-order valence-electron chi connectivity index (χ0n) is 51.7. The minimum absolute atomic E-state index is 0.0725. The van der Waals surface area contributed by atoms with Crippen LogP contribution in [0.3, 0.4) is 0 Å². The van der Waals surface area contributed by atoms with E-state index >= 15 is 4.79 Å². The summed E-state index contributed by atoms with van der Waals surface area (Å²) in [6.45, 7) is 15.4. The minimum Gasteiger partial charge on any atom is -0.457 e. The zero-order chi connectivity index (χ0) is 64.3. The van der Waals surface area contributed by atoms with E-state index in [-0.39, 0.29) is 47.2 Å². The van der Waals surface area contributed by atoms with Crippen LogP contribution in [0.4, 0.5) is 0 Å². The fourth-order valence-corrected chi connectivity index (χ4v) is 17.8.